The van der Waals surface area contributed by atoms with Gasteiger partial charge in [-0.05, 0) is 42.2 Å². The number of likely N-dealkylation sites (tertiary alicyclic amines) is 1. The molecule has 1 atom stereocenters. The molecule has 0 radical (unpaired) electrons. The minimum atomic E-state index is 0.123. The van der Waals surface area contributed by atoms with Gasteiger partial charge in [0.15, 0.2) is 0 Å². The van der Waals surface area contributed by atoms with Crippen molar-refractivity contribution >= 4 is 11.7 Å². The lowest BCUT2D eigenvalue weighted by Gasteiger charge is -2.35. The lowest BCUT2D eigenvalue weighted by molar-refractivity contribution is -0.137. The summed E-state index contributed by atoms with van der Waals surface area (Å²) in [5.74, 6) is 1.37. The van der Waals surface area contributed by atoms with Crippen molar-refractivity contribution in [3.8, 4) is 0 Å². The number of carbonyl (C=O) groups is 1. The molecule has 0 bridgehead atoms. The van der Waals surface area contributed by atoms with Crippen molar-refractivity contribution in [3.63, 3.8) is 0 Å². The Morgan fingerprint density at radius 1 is 1.00 bits per heavy atom. The molecule has 154 valence electrons. The Bertz CT molecular complexity index is 820. The predicted molar refractivity (Wildman–Crippen MR) is 116 cm³/mol. The van der Waals surface area contributed by atoms with Gasteiger partial charge in [0.05, 0.1) is 12.2 Å². The standard InChI is InChI=1S/C24H32N4O/c1-24(2,3)20-8-6-18(7-9-20)21-5-4-14-28(21)23(29)19-10-15-27(16-11-19)22-17-25-12-13-26-22/h6-9,12-13,17,19,21H,4-5,10-11,14-16H2,1-3H3. The van der Waals surface area contributed by atoms with Crippen molar-refractivity contribution in [2.45, 2.75) is 57.9 Å². The Morgan fingerprint density at radius 3 is 2.34 bits per heavy atom. The maximum atomic E-state index is 13.3. The quantitative estimate of drug-likeness (QED) is 0.779. The van der Waals surface area contributed by atoms with Crippen LogP contribution in [0, 0.1) is 5.92 Å². The Balaban J connectivity index is 1.41. The van der Waals surface area contributed by atoms with E-state index in [9.17, 15) is 4.79 Å². The molecule has 1 aromatic carbocycles. The number of nitrogens with zero attached hydrogens (tertiary/aromatic N) is 4. The van der Waals surface area contributed by atoms with Crippen LogP contribution in [0.3, 0.4) is 0 Å². The largest absolute Gasteiger partial charge is 0.355 e. The van der Waals surface area contributed by atoms with Gasteiger partial charge in [0.25, 0.3) is 0 Å². The summed E-state index contributed by atoms with van der Waals surface area (Å²) in [7, 11) is 0. The topological polar surface area (TPSA) is 49.3 Å². The molecule has 2 aliphatic heterocycles. The number of hydrogen-bond donors (Lipinski definition) is 0. The highest BCUT2D eigenvalue weighted by Crippen LogP contribution is 2.36. The van der Waals surface area contributed by atoms with E-state index in [1.54, 1.807) is 18.6 Å². The maximum absolute atomic E-state index is 13.3. The molecule has 0 N–H and O–H groups in total. The van der Waals surface area contributed by atoms with Crippen molar-refractivity contribution in [1.29, 1.82) is 0 Å². The van der Waals surface area contributed by atoms with Gasteiger partial charge in [-0.15, -0.1) is 0 Å². The number of hydrogen-bond acceptors (Lipinski definition) is 4. The summed E-state index contributed by atoms with van der Waals surface area (Å²) in [4.78, 5) is 26.3. The van der Waals surface area contributed by atoms with Crippen LogP contribution in [0.15, 0.2) is 42.9 Å². The predicted octanol–water partition coefficient (Wildman–Crippen LogP) is 4.35. The fraction of sp³-hybridized carbons (Fsp3) is 0.542. The summed E-state index contributed by atoms with van der Waals surface area (Å²) in [6.07, 6.45) is 9.17. The molecule has 4 rings (SSSR count). The number of amides is 1. The number of carbonyl (C=O) groups excluding carboxylic acids is 1. The van der Waals surface area contributed by atoms with Gasteiger partial charge >= 0.3 is 0 Å². The van der Waals surface area contributed by atoms with E-state index in [0.717, 1.165) is 51.1 Å². The second-order valence-corrected chi connectivity index (χ2v) is 9.39. The first kappa shape index (κ1) is 19.9. The summed E-state index contributed by atoms with van der Waals surface area (Å²) in [6, 6.07) is 9.15. The van der Waals surface area contributed by atoms with Gasteiger partial charge in [0, 0.05) is 37.9 Å². The normalized spacial score (nSPS) is 20.9. The van der Waals surface area contributed by atoms with Crippen LogP contribution in [-0.4, -0.2) is 40.4 Å². The monoisotopic (exact) mass is 392 g/mol. The fourth-order valence-electron chi connectivity index (χ4n) is 4.63. The minimum absolute atomic E-state index is 0.123. The van der Waals surface area contributed by atoms with E-state index >= 15 is 0 Å². The van der Waals surface area contributed by atoms with Gasteiger partial charge < -0.3 is 9.80 Å². The SMILES string of the molecule is CC(C)(C)c1ccc(C2CCCN2C(=O)C2CCN(c3cnccn3)CC2)cc1. The van der Waals surface area contributed by atoms with Gasteiger partial charge in [0.2, 0.25) is 5.91 Å². The number of benzene rings is 1. The van der Waals surface area contributed by atoms with Crippen molar-refractivity contribution in [1.82, 2.24) is 14.9 Å². The molecule has 2 fully saturated rings. The van der Waals surface area contributed by atoms with Gasteiger partial charge in [-0.25, -0.2) is 4.98 Å². The van der Waals surface area contributed by atoms with E-state index in [4.69, 9.17) is 0 Å². The molecule has 5 nitrogen and oxygen atoms in total. The van der Waals surface area contributed by atoms with Gasteiger partial charge in [-0.3, -0.25) is 9.78 Å². The first-order chi connectivity index (χ1) is 13.9. The highest BCUT2D eigenvalue weighted by molar-refractivity contribution is 5.80. The van der Waals surface area contributed by atoms with E-state index in [-0.39, 0.29) is 17.4 Å². The van der Waals surface area contributed by atoms with E-state index in [2.05, 4.69) is 64.8 Å². The molecule has 2 aliphatic rings. The maximum Gasteiger partial charge on any atom is 0.226 e. The molecule has 0 aliphatic carbocycles. The molecule has 1 unspecified atom stereocenters. The third-order valence-corrected chi connectivity index (χ3v) is 6.42. The van der Waals surface area contributed by atoms with Crippen LogP contribution < -0.4 is 4.90 Å². The van der Waals surface area contributed by atoms with Crippen LogP contribution in [0.2, 0.25) is 0 Å². The molecule has 2 saturated heterocycles. The molecule has 5 heteroatoms. The van der Waals surface area contributed by atoms with Crippen molar-refractivity contribution in [2.24, 2.45) is 5.92 Å². The fourth-order valence-corrected chi connectivity index (χ4v) is 4.63. The summed E-state index contributed by atoms with van der Waals surface area (Å²) in [6.45, 7) is 9.33. The molecule has 0 saturated carbocycles. The van der Waals surface area contributed by atoms with Gasteiger partial charge in [-0.1, -0.05) is 45.0 Å². The van der Waals surface area contributed by atoms with Crippen LogP contribution in [0.4, 0.5) is 5.82 Å². The van der Waals surface area contributed by atoms with Crippen LogP contribution in [0.1, 0.15) is 63.6 Å². The lowest BCUT2D eigenvalue weighted by Crippen LogP contribution is -2.42. The second kappa shape index (κ2) is 8.13. The first-order valence-corrected chi connectivity index (χ1v) is 10.9. The lowest BCUT2D eigenvalue weighted by atomic mass is 9.86. The number of piperidine rings is 1. The van der Waals surface area contributed by atoms with Crippen LogP contribution in [-0.2, 0) is 10.2 Å². The third-order valence-electron chi connectivity index (χ3n) is 6.42. The summed E-state index contributed by atoms with van der Waals surface area (Å²) >= 11 is 0. The zero-order valence-corrected chi connectivity index (χ0v) is 17.8. The van der Waals surface area contributed by atoms with E-state index in [1.165, 1.54) is 11.1 Å². The molecule has 1 amide bonds. The molecule has 0 spiro atoms. The van der Waals surface area contributed by atoms with E-state index < -0.39 is 0 Å². The second-order valence-electron chi connectivity index (χ2n) is 9.39. The first-order valence-electron chi connectivity index (χ1n) is 10.9. The smallest absolute Gasteiger partial charge is 0.226 e. The van der Waals surface area contributed by atoms with Crippen LogP contribution in [0.5, 0.6) is 0 Å². The Morgan fingerprint density at radius 2 is 1.72 bits per heavy atom. The molecular weight excluding hydrogens is 360 g/mol. The van der Waals surface area contributed by atoms with Crippen LogP contribution in [0.25, 0.3) is 0 Å². The van der Waals surface area contributed by atoms with Crippen molar-refractivity contribution in [3.05, 3.63) is 54.0 Å². The highest BCUT2D eigenvalue weighted by Gasteiger charge is 2.35. The average Bonchev–Trinajstić information content (AvgIpc) is 3.23. The van der Waals surface area contributed by atoms with Crippen molar-refractivity contribution < 1.29 is 4.79 Å². The molecule has 1 aromatic heterocycles. The Kier molecular flexibility index (Phi) is 5.57. The number of rotatable bonds is 3. The average molecular weight is 393 g/mol. The van der Waals surface area contributed by atoms with E-state index in [1.807, 2.05) is 0 Å². The van der Waals surface area contributed by atoms with Crippen molar-refractivity contribution in [2.75, 3.05) is 24.5 Å². The van der Waals surface area contributed by atoms with Gasteiger partial charge in [0.1, 0.15) is 5.82 Å². The molecule has 3 heterocycles. The number of aromatic nitrogens is 2. The Hall–Kier alpha value is -2.43. The Labute approximate surface area is 174 Å². The molecule has 2 aromatic rings. The summed E-state index contributed by atoms with van der Waals surface area (Å²) in [5.41, 5.74) is 2.77. The molecule has 29 heavy (non-hydrogen) atoms. The minimum Gasteiger partial charge on any atom is -0.355 e. The third kappa shape index (κ3) is 4.29. The van der Waals surface area contributed by atoms with Gasteiger partial charge in [-0.2, -0.15) is 0 Å². The van der Waals surface area contributed by atoms with Crippen LogP contribution >= 0.6 is 0 Å². The summed E-state index contributed by atoms with van der Waals surface area (Å²) < 4.78 is 0. The zero-order chi connectivity index (χ0) is 20.4. The highest BCUT2D eigenvalue weighted by atomic mass is 16.2. The van der Waals surface area contributed by atoms with E-state index in [0.29, 0.717) is 5.91 Å². The molecular formula is C24H32N4O. The number of anilines is 1. The summed E-state index contributed by atoms with van der Waals surface area (Å²) in [5, 5.41) is 0. The zero-order valence-electron chi connectivity index (χ0n) is 17.8.